The Morgan fingerprint density at radius 1 is 1.35 bits per heavy atom. The number of carboxylic acids is 1. The van der Waals surface area contributed by atoms with E-state index in [9.17, 15) is 4.79 Å². The van der Waals surface area contributed by atoms with Gasteiger partial charge in [-0.2, -0.15) is 0 Å². The van der Waals surface area contributed by atoms with Crippen LogP contribution in [0.15, 0.2) is 45.4 Å². The smallest absolute Gasteiger partial charge is 0.338 e. The van der Waals surface area contributed by atoms with Crippen LogP contribution in [0.5, 0.6) is 0 Å². The van der Waals surface area contributed by atoms with Crippen LogP contribution in [0.2, 0.25) is 0 Å². The number of halogens is 1. The van der Waals surface area contributed by atoms with E-state index in [1.165, 1.54) is 24.2 Å². The molecule has 0 unspecified atom stereocenters. The van der Waals surface area contributed by atoms with Crippen LogP contribution < -0.4 is 0 Å². The number of nitrogens with zero attached hydrogens (tertiary/aromatic N) is 3. The molecule has 5 nitrogen and oxygen atoms in total. The molecule has 17 heavy (non-hydrogen) atoms. The van der Waals surface area contributed by atoms with Crippen molar-refractivity contribution in [3.63, 3.8) is 0 Å². The van der Waals surface area contributed by atoms with E-state index in [0.717, 1.165) is 0 Å². The molecule has 0 spiro atoms. The molecule has 0 saturated heterocycles. The molecule has 0 aliphatic carbocycles. The first-order valence-corrected chi connectivity index (χ1v) is 6.11. The molecule has 0 atom stereocenters. The van der Waals surface area contributed by atoms with Crippen molar-refractivity contribution in [2.45, 2.75) is 10.1 Å². The Kier molecular flexibility index (Phi) is 3.70. The lowest BCUT2D eigenvalue weighted by atomic mass is 10.3. The summed E-state index contributed by atoms with van der Waals surface area (Å²) in [5, 5.41) is 10.0. The van der Waals surface area contributed by atoms with Crippen molar-refractivity contribution in [3.8, 4) is 0 Å². The quantitative estimate of drug-likeness (QED) is 0.878. The SMILES string of the molecule is O=C(O)c1cccnc1Sc1ncncc1Br. The third kappa shape index (κ3) is 2.80. The summed E-state index contributed by atoms with van der Waals surface area (Å²) in [6.07, 6.45) is 4.54. The number of rotatable bonds is 3. The Labute approximate surface area is 109 Å². The van der Waals surface area contributed by atoms with Crippen molar-refractivity contribution in [2.75, 3.05) is 0 Å². The minimum Gasteiger partial charge on any atom is -0.478 e. The number of pyridine rings is 1. The highest BCUT2D eigenvalue weighted by Gasteiger charge is 2.13. The third-order valence-corrected chi connectivity index (χ3v) is 3.71. The molecule has 0 amide bonds. The first kappa shape index (κ1) is 12.0. The molecule has 2 rings (SSSR count). The summed E-state index contributed by atoms with van der Waals surface area (Å²) in [6.45, 7) is 0. The van der Waals surface area contributed by atoms with Crippen LogP contribution in [0.25, 0.3) is 0 Å². The monoisotopic (exact) mass is 311 g/mol. The van der Waals surface area contributed by atoms with E-state index in [4.69, 9.17) is 5.11 Å². The van der Waals surface area contributed by atoms with Crippen molar-refractivity contribution < 1.29 is 9.90 Å². The fourth-order valence-electron chi connectivity index (χ4n) is 1.10. The summed E-state index contributed by atoms with van der Waals surface area (Å²) < 4.78 is 0.701. The van der Waals surface area contributed by atoms with Crippen molar-refractivity contribution in [3.05, 3.63) is 40.9 Å². The first-order chi connectivity index (χ1) is 8.18. The minimum atomic E-state index is -1.01. The van der Waals surface area contributed by atoms with E-state index >= 15 is 0 Å². The molecule has 2 heterocycles. The van der Waals surface area contributed by atoms with Crippen molar-refractivity contribution in [1.82, 2.24) is 15.0 Å². The zero-order chi connectivity index (χ0) is 12.3. The summed E-state index contributed by atoms with van der Waals surface area (Å²) in [5.41, 5.74) is 0.156. The van der Waals surface area contributed by atoms with E-state index in [-0.39, 0.29) is 5.56 Å². The van der Waals surface area contributed by atoms with Crippen LogP contribution in [-0.2, 0) is 0 Å². The lowest BCUT2D eigenvalue weighted by Crippen LogP contribution is -2.00. The number of carbonyl (C=O) groups is 1. The van der Waals surface area contributed by atoms with Gasteiger partial charge in [0.1, 0.15) is 16.4 Å². The van der Waals surface area contributed by atoms with Crippen LogP contribution in [0.4, 0.5) is 0 Å². The van der Waals surface area contributed by atoms with Crippen LogP contribution >= 0.6 is 27.7 Å². The molecule has 0 radical (unpaired) electrons. The van der Waals surface area contributed by atoms with Gasteiger partial charge in [-0.15, -0.1) is 0 Å². The molecule has 2 aromatic heterocycles. The average Bonchev–Trinajstić information content (AvgIpc) is 2.32. The summed E-state index contributed by atoms with van der Waals surface area (Å²) in [4.78, 5) is 22.9. The zero-order valence-corrected chi connectivity index (χ0v) is 10.8. The molecule has 0 bridgehead atoms. The van der Waals surface area contributed by atoms with Crippen LogP contribution in [0.3, 0.4) is 0 Å². The van der Waals surface area contributed by atoms with Crippen molar-refractivity contribution in [2.24, 2.45) is 0 Å². The molecule has 0 aromatic carbocycles. The maximum atomic E-state index is 11.0. The molecule has 86 valence electrons. The lowest BCUT2D eigenvalue weighted by molar-refractivity contribution is 0.0692. The molecule has 7 heteroatoms. The number of aromatic carboxylic acids is 1. The van der Waals surface area contributed by atoms with Gasteiger partial charge < -0.3 is 5.11 Å². The van der Waals surface area contributed by atoms with Gasteiger partial charge in [0.15, 0.2) is 0 Å². The Morgan fingerprint density at radius 2 is 2.18 bits per heavy atom. The summed E-state index contributed by atoms with van der Waals surface area (Å²) in [7, 11) is 0. The van der Waals surface area contributed by atoms with Gasteiger partial charge in [0.2, 0.25) is 0 Å². The van der Waals surface area contributed by atoms with Gasteiger partial charge >= 0.3 is 5.97 Å². The van der Waals surface area contributed by atoms with Gasteiger partial charge in [0.05, 0.1) is 10.0 Å². The largest absolute Gasteiger partial charge is 0.478 e. The van der Waals surface area contributed by atoms with Gasteiger partial charge in [-0.1, -0.05) is 0 Å². The fourth-order valence-corrected chi connectivity index (χ4v) is 2.38. The molecule has 1 N–H and O–H groups in total. The topological polar surface area (TPSA) is 76.0 Å². The molecular formula is C10H6BrN3O2S. The predicted octanol–water partition coefficient (Wildman–Crippen LogP) is 2.48. The van der Waals surface area contributed by atoms with E-state index in [1.54, 1.807) is 18.5 Å². The molecule has 0 fully saturated rings. The average molecular weight is 312 g/mol. The second-order valence-electron chi connectivity index (χ2n) is 2.94. The second kappa shape index (κ2) is 5.24. The maximum absolute atomic E-state index is 11.0. The number of aromatic nitrogens is 3. The van der Waals surface area contributed by atoms with E-state index in [0.29, 0.717) is 14.5 Å². The highest BCUT2D eigenvalue weighted by molar-refractivity contribution is 9.10. The number of carboxylic acid groups (broad SMARTS) is 1. The maximum Gasteiger partial charge on any atom is 0.338 e. The molecular weight excluding hydrogens is 306 g/mol. The number of hydrogen-bond donors (Lipinski definition) is 1. The summed E-state index contributed by atoms with van der Waals surface area (Å²) in [5.74, 6) is -1.01. The van der Waals surface area contributed by atoms with Crippen LogP contribution in [0, 0.1) is 0 Å². The highest BCUT2D eigenvalue weighted by atomic mass is 79.9. The Hall–Kier alpha value is -1.47. The standard InChI is InChI=1S/C10H6BrN3O2S/c11-7-4-12-5-14-9(7)17-8-6(10(15)16)2-1-3-13-8/h1-5H,(H,15,16). The fraction of sp³-hybridized carbons (Fsp3) is 0. The van der Waals surface area contributed by atoms with E-state index in [1.807, 2.05) is 0 Å². The lowest BCUT2D eigenvalue weighted by Gasteiger charge is -2.04. The zero-order valence-electron chi connectivity index (χ0n) is 8.37. The normalized spacial score (nSPS) is 10.2. The number of hydrogen-bond acceptors (Lipinski definition) is 5. The Bertz CT molecular complexity index is 565. The Balaban J connectivity index is 2.37. The van der Waals surface area contributed by atoms with Crippen LogP contribution in [-0.4, -0.2) is 26.0 Å². The van der Waals surface area contributed by atoms with Gasteiger partial charge in [0, 0.05) is 12.4 Å². The van der Waals surface area contributed by atoms with E-state index in [2.05, 4.69) is 30.9 Å². The first-order valence-electron chi connectivity index (χ1n) is 4.50. The van der Waals surface area contributed by atoms with Gasteiger partial charge in [0.25, 0.3) is 0 Å². The van der Waals surface area contributed by atoms with Crippen molar-refractivity contribution in [1.29, 1.82) is 0 Å². The van der Waals surface area contributed by atoms with Crippen LogP contribution in [0.1, 0.15) is 10.4 Å². The molecule has 0 aliphatic rings. The summed E-state index contributed by atoms with van der Waals surface area (Å²) in [6, 6.07) is 3.09. The Morgan fingerprint density at radius 3 is 2.88 bits per heavy atom. The summed E-state index contributed by atoms with van der Waals surface area (Å²) >= 11 is 4.47. The molecule has 0 aliphatic heterocycles. The highest BCUT2D eigenvalue weighted by Crippen LogP contribution is 2.31. The second-order valence-corrected chi connectivity index (χ2v) is 4.77. The van der Waals surface area contributed by atoms with Gasteiger partial charge in [-0.05, 0) is 39.8 Å². The van der Waals surface area contributed by atoms with Gasteiger partial charge in [-0.3, -0.25) is 0 Å². The molecule has 2 aromatic rings. The van der Waals surface area contributed by atoms with E-state index < -0.39 is 5.97 Å². The minimum absolute atomic E-state index is 0.156. The molecule has 0 saturated carbocycles. The third-order valence-electron chi connectivity index (χ3n) is 1.83. The van der Waals surface area contributed by atoms with Crippen molar-refractivity contribution >= 4 is 33.7 Å². The van der Waals surface area contributed by atoms with Gasteiger partial charge in [-0.25, -0.2) is 19.7 Å². The predicted molar refractivity (Wildman–Crippen MR) is 65.1 cm³/mol.